The van der Waals surface area contributed by atoms with E-state index in [1.807, 2.05) is 0 Å². The third kappa shape index (κ3) is 10.4. The molecular weight excluding hydrogens is 800 g/mol. The van der Waals surface area contributed by atoms with Crippen LogP contribution in [0, 0.1) is 0 Å². The molecule has 12 N–H and O–H groups in total. The molecule has 2 amide bonds. The van der Waals surface area contributed by atoms with Crippen molar-refractivity contribution in [2.45, 2.75) is 143 Å². The summed E-state index contributed by atoms with van der Waals surface area (Å²) in [5, 5.41) is 112. The highest BCUT2D eigenvalue weighted by molar-refractivity contribution is 5.74. The van der Waals surface area contributed by atoms with Gasteiger partial charge in [-0.05, 0) is 31.2 Å². The maximum atomic E-state index is 12.6. The zero-order valence-electron chi connectivity index (χ0n) is 32.1. The third-order valence-corrected chi connectivity index (χ3v) is 10.2. The van der Waals surface area contributed by atoms with E-state index in [2.05, 4.69) is 10.6 Å². The molecule has 24 nitrogen and oxygen atoms in total. The van der Waals surface area contributed by atoms with Crippen molar-refractivity contribution in [1.82, 2.24) is 10.6 Å². The average molecular weight is 853 g/mol. The van der Waals surface area contributed by atoms with Crippen LogP contribution < -0.4 is 20.1 Å². The van der Waals surface area contributed by atoms with E-state index >= 15 is 0 Å². The number of ether oxygens (including phenoxy) is 9. The number of amides is 2. The maximum Gasteiger partial charge on any atom is 0.335 e. The molecule has 20 atom stereocenters. The first-order valence-corrected chi connectivity index (χ1v) is 18.5. The molecule has 4 fully saturated rings. The standard InChI is InChI=1S/C35H52N2O22/c1-11-20(42)23(45)18(36-12(2)40)32(52-11)56-27-19(37-13(3)41)33(54-17(10-39)22(27)44)58-29-24(46)21(43)16(9-38)55-35(29)57-28-25(47)26(48)34(59-30(28)31(49)50)53-15-7-5-14(51-4)6-8-15/h5-8,11,16-30,32-35,38-39,42-48H,9-10H2,1-4H3,(H,36,40)(H,37,41)(H,49,50)/t11-,16+,17+,18-,19+,20-,21+,22+,23-,24-,25+,26+,27+,28-,29-,30-,32-,33+,34+,35-/m0/s1. The Morgan fingerprint density at radius 1 is 0.593 bits per heavy atom. The molecule has 1 aromatic rings. The molecule has 4 heterocycles. The Balaban J connectivity index is 1.44. The molecule has 0 bridgehead atoms. The van der Waals surface area contributed by atoms with Gasteiger partial charge in [-0.2, -0.15) is 0 Å². The lowest BCUT2D eigenvalue weighted by Gasteiger charge is -2.50. The summed E-state index contributed by atoms with van der Waals surface area (Å²) in [5.74, 6) is -2.61. The number of nitrogens with one attached hydrogen (secondary N) is 2. The summed E-state index contributed by atoms with van der Waals surface area (Å²) in [7, 11) is 1.43. The molecule has 0 aliphatic carbocycles. The van der Waals surface area contributed by atoms with E-state index in [1.54, 1.807) is 0 Å². The summed E-state index contributed by atoms with van der Waals surface area (Å²) in [6.45, 7) is 1.70. The lowest BCUT2D eigenvalue weighted by Crippen LogP contribution is -2.71. The molecule has 59 heavy (non-hydrogen) atoms. The SMILES string of the molecule is COc1ccc(O[C@@H]2O[C@H](C(=O)O)[C@@H](O[C@@H]3O[C@H](CO)[C@@H](O)[C@H](O)[C@@H]3O[C@H]3O[C@H](CO)[C@@H](O)[C@H](O[C@@H]4O[C@@H](C)[C@H](O)[C@@H](O)[C@@H]4NC(C)=O)[C@H]3NC(C)=O)[C@H](O)[C@H]2O)cc1. The Labute approximate surface area is 336 Å². The maximum absolute atomic E-state index is 12.6. The number of aliphatic hydroxyl groups is 9. The number of carboxylic acids is 1. The van der Waals surface area contributed by atoms with E-state index in [-0.39, 0.29) is 5.75 Å². The largest absolute Gasteiger partial charge is 0.497 e. The van der Waals surface area contributed by atoms with E-state index in [0.29, 0.717) is 5.75 Å². The Hall–Kier alpha value is -3.41. The lowest BCUT2D eigenvalue weighted by atomic mass is 9.94. The zero-order valence-corrected chi connectivity index (χ0v) is 32.1. The van der Waals surface area contributed by atoms with Gasteiger partial charge in [-0.25, -0.2) is 4.79 Å². The van der Waals surface area contributed by atoms with Gasteiger partial charge in [0.1, 0.15) is 96.8 Å². The van der Waals surface area contributed by atoms with E-state index in [0.717, 1.165) is 13.8 Å². The molecule has 334 valence electrons. The van der Waals surface area contributed by atoms with Gasteiger partial charge >= 0.3 is 5.97 Å². The number of carboxylic acid groups (broad SMARTS) is 1. The van der Waals surface area contributed by atoms with Gasteiger partial charge in [0.05, 0.1) is 26.4 Å². The fraction of sp³-hybridized carbons (Fsp3) is 0.743. The number of carbonyl (C=O) groups excluding carboxylic acids is 2. The van der Waals surface area contributed by atoms with Gasteiger partial charge in [0, 0.05) is 13.8 Å². The van der Waals surface area contributed by atoms with Crippen LogP contribution in [-0.4, -0.2) is 212 Å². The highest BCUT2D eigenvalue weighted by atomic mass is 16.8. The molecule has 0 unspecified atom stereocenters. The van der Waals surface area contributed by atoms with Crippen molar-refractivity contribution < 1.29 is 108 Å². The minimum atomic E-state index is -2.11. The fourth-order valence-corrected chi connectivity index (χ4v) is 7.12. The lowest BCUT2D eigenvalue weighted by molar-refractivity contribution is -0.381. The molecule has 0 aromatic heterocycles. The van der Waals surface area contributed by atoms with Crippen LogP contribution in [0.2, 0.25) is 0 Å². The highest BCUT2D eigenvalue weighted by Crippen LogP contribution is 2.35. The highest BCUT2D eigenvalue weighted by Gasteiger charge is 2.57. The first-order chi connectivity index (χ1) is 27.9. The van der Waals surface area contributed by atoms with Gasteiger partial charge in [-0.15, -0.1) is 0 Å². The van der Waals surface area contributed by atoms with Crippen LogP contribution in [0.4, 0.5) is 0 Å². The van der Waals surface area contributed by atoms with Gasteiger partial charge in [-0.3, -0.25) is 9.59 Å². The predicted octanol–water partition coefficient (Wildman–Crippen LogP) is -6.25. The fourth-order valence-electron chi connectivity index (χ4n) is 7.12. The van der Waals surface area contributed by atoms with Crippen molar-refractivity contribution in [3.8, 4) is 11.5 Å². The van der Waals surface area contributed by atoms with Crippen molar-refractivity contribution in [2.75, 3.05) is 20.3 Å². The number of hydrogen-bond acceptors (Lipinski definition) is 21. The molecule has 0 spiro atoms. The molecule has 24 heteroatoms. The topological polar surface area (TPSA) is 361 Å². The second-order valence-electron chi connectivity index (χ2n) is 14.4. The number of benzene rings is 1. The zero-order chi connectivity index (χ0) is 43.5. The van der Waals surface area contributed by atoms with Crippen LogP contribution in [0.1, 0.15) is 20.8 Å². The van der Waals surface area contributed by atoms with Crippen molar-refractivity contribution in [3.05, 3.63) is 24.3 Å². The molecular formula is C35H52N2O22. The van der Waals surface area contributed by atoms with Gasteiger partial charge in [0.15, 0.2) is 25.0 Å². The number of methoxy groups -OCH3 is 1. The van der Waals surface area contributed by atoms with E-state index in [4.69, 9.17) is 42.6 Å². The van der Waals surface area contributed by atoms with Gasteiger partial charge in [0.2, 0.25) is 18.1 Å². The molecule has 0 radical (unpaired) electrons. The monoisotopic (exact) mass is 852 g/mol. The molecule has 0 saturated carbocycles. The summed E-state index contributed by atoms with van der Waals surface area (Å²) < 4.78 is 51.3. The number of hydrogen-bond donors (Lipinski definition) is 12. The van der Waals surface area contributed by atoms with Crippen molar-refractivity contribution >= 4 is 17.8 Å². The predicted molar refractivity (Wildman–Crippen MR) is 188 cm³/mol. The summed E-state index contributed by atoms with van der Waals surface area (Å²) in [5.41, 5.74) is 0. The number of rotatable bonds is 14. The second kappa shape index (κ2) is 20.0. The van der Waals surface area contributed by atoms with E-state index in [1.165, 1.54) is 38.3 Å². The normalized spacial score (nSPS) is 42.7. The van der Waals surface area contributed by atoms with Gasteiger partial charge in [0.25, 0.3) is 0 Å². The molecule has 5 rings (SSSR count). The first kappa shape index (κ1) is 46.7. The number of aliphatic hydroxyl groups excluding tert-OH is 9. The number of carbonyl (C=O) groups is 3. The molecule has 4 aliphatic heterocycles. The second-order valence-corrected chi connectivity index (χ2v) is 14.4. The van der Waals surface area contributed by atoms with Crippen LogP contribution in [0.25, 0.3) is 0 Å². The Morgan fingerprint density at radius 2 is 1.10 bits per heavy atom. The Bertz CT molecular complexity index is 1560. The minimum absolute atomic E-state index is 0.0938. The molecule has 1 aromatic carbocycles. The van der Waals surface area contributed by atoms with E-state index in [9.17, 15) is 65.4 Å². The molecule has 4 saturated heterocycles. The van der Waals surface area contributed by atoms with Crippen molar-refractivity contribution in [1.29, 1.82) is 0 Å². The van der Waals surface area contributed by atoms with Crippen molar-refractivity contribution in [2.24, 2.45) is 0 Å². The summed E-state index contributed by atoms with van der Waals surface area (Å²) in [6.07, 6.45) is -32.6. The van der Waals surface area contributed by atoms with Crippen LogP contribution in [0.15, 0.2) is 24.3 Å². The minimum Gasteiger partial charge on any atom is -0.497 e. The number of aliphatic carboxylic acids is 1. The summed E-state index contributed by atoms with van der Waals surface area (Å²) in [6, 6.07) is 2.78. The average Bonchev–Trinajstić information content (AvgIpc) is 3.19. The van der Waals surface area contributed by atoms with E-state index < -0.39 is 154 Å². The van der Waals surface area contributed by atoms with Gasteiger partial charge in [-0.1, -0.05) is 0 Å². The summed E-state index contributed by atoms with van der Waals surface area (Å²) in [4.78, 5) is 37.2. The van der Waals surface area contributed by atoms with Gasteiger partial charge < -0.3 is 104 Å². The van der Waals surface area contributed by atoms with Crippen LogP contribution >= 0.6 is 0 Å². The molecule has 4 aliphatic rings. The Kier molecular flexibility index (Phi) is 15.8. The van der Waals surface area contributed by atoms with Crippen LogP contribution in [-0.2, 0) is 47.5 Å². The Morgan fingerprint density at radius 3 is 1.68 bits per heavy atom. The van der Waals surface area contributed by atoms with Crippen LogP contribution in [0.3, 0.4) is 0 Å². The first-order valence-electron chi connectivity index (χ1n) is 18.5. The summed E-state index contributed by atoms with van der Waals surface area (Å²) >= 11 is 0. The van der Waals surface area contributed by atoms with Crippen LogP contribution in [0.5, 0.6) is 11.5 Å². The third-order valence-electron chi connectivity index (χ3n) is 10.2. The van der Waals surface area contributed by atoms with Crippen molar-refractivity contribution in [3.63, 3.8) is 0 Å². The quantitative estimate of drug-likeness (QED) is 0.0828. The smallest absolute Gasteiger partial charge is 0.335 e.